The minimum atomic E-state index is -0.931. The number of benzene rings is 1. The number of thioether (sulfide) groups is 1. The molecule has 4 N–H and O–H groups in total. The van der Waals surface area contributed by atoms with Gasteiger partial charge in [0.05, 0.1) is 24.4 Å². The van der Waals surface area contributed by atoms with Gasteiger partial charge in [0.1, 0.15) is 16.5 Å². The van der Waals surface area contributed by atoms with Crippen molar-refractivity contribution >= 4 is 35.3 Å². The molecule has 10 heteroatoms. The molecule has 2 aromatic rings. The van der Waals surface area contributed by atoms with Crippen molar-refractivity contribution in [1.82, 2.24) is 10.2 Å². The van der Waals surface area contributed by atoms with Gasteiger partial charge in [0.25, 0.3) is 0 Å². The van der Waals surface area contributed by atoms with Crippen LogP contribution in [0, 0.1) is 0 Å². The largest absolute Gasteiger partial charge is 0.536 e. The number of fused-ring (bicyclic) bond motifs is 1. The summed E-state index contributed by atoms with van der Waals surface area (Å²) < 4.78 is 10.9. The van der Waals surface area contributed by atoms with Gasteiger partial charge >= 0.3 is 7.12 Å². The number of anilines is 1. The lowest BCUT2D eigenvalue weighted by atomic mass is 9.77. The number of aryl methyl sites for hydroxylation is 1. The molecule has 1 aliphatic rings. The van der Waals surface area contributed by atoms with Crippen molar-refractivity contribution in [1.29, 1.82) is 0 Å². The molecule has 0 saturated carbocycles. The van der Waals surface area contributed by atoms with Gasteiger partial charge in [0.15, 0.2) is 0 Å². The van der Waals surface area contributed by atoms with Crippen LogP contribution in [0.5, 0.6) is 11.5 Å². The van der Waals surface area contributed by atoms with Crippen molar-refractivity contribution in [3.63, 3.8) is 0 Å². The highest BCUT2D eigenvalue weighted by Gasteiger charge is 2.36. The van der Waals surface area contributed by atoms with E-state index in [-0.39, 0.29) is 11.8 Å². The normalized spacial score (nSPS) is 16.6. The average molecular weight is 367 g/mol. The van der Waals surface area contributed by atoms with Crippen LogP contribution >= 0.6 is 23.1 Å². The maximum Gasteiger partial charge on any atom is 0.536 e. The average Bonchev–Trinajstić information content (AvgIpc) is 2.99. The number of nitrogens with zero attached hydrogens (tertiary/aromatic N) is 2. The summed E-state index contributed by atoms with van der Waals surface area (Å²) in [7, 11) is 0.610. The van der Waals surface area contributed by atoms with E-state index in [4.69, 9.17) is 15.1 Å². The molecule has 0 spiro atoms. The van der Waals surface area contributed by atoms with Crippen LogP contribution in [-0.2, 0) is 19.4 Å². The molecule has 24 heavy (non-hydrogen) atoms. The molecule has 0 unspecified atom stereocenters. The minimum Gasteiger partial charge on any atom is -0.535 e. The number of aliphatic hydroxyl groups excluding tert-OH is 1. The molecule has 7 nitrogen and oxygen atoms in total. The van der Waals surface area contributed by atoms with E-state index in [0.29, 0.717) is 28.6 Å². The second-order valence-electron chi connectivity index (χ2n) is 5.30. The number of rotatable bonds is 6. The number of aliphatic hydroxyl groups is 1. The maximum absolute atomic E-state index is 10.3. The molecule has 3 rings (SSSR count). The van der Waals surface area contributed by atoms with Crippen molar-refractivity contribution < 1.29 is 19.5 Å². The van der Waals surface area contributed by atoms with Gasteiger partial charge < -0.3 is 25.3 Å². The number of nitrogens with two attached hydrogens (primary N) is 1. The zero-order valence-corrected chi connectivity index (χ0v) is 14.8. The molecule has 1 aromatic heterocycles. The lowest BCUT2D eigenvalue weighted by molar-refractivity contribution is 0.267. The minimum absolute atomic E-state index is 0.0808. The van der Waals surface area contributed by atoms with Crippen LogP contribution in [0.1, 0.15) is 16.1 Å². The van der Waals surface area contributed by atoms with Crippen LogP contribution in [0.25, 0.3) is 0 Å². The van der Waals surface area contributed by atoms with Crippen molar-refractivity contribution in [2.75, 3.05) is 18.6 Å². The lowest BCUT2D eigenvalue weighted by Gasteiger charge is -2.29. The number of hydrogen-bond acceptors (Lipinski definition) is 9. The molecule has 2 heterocycles. The predicted molar refractivity (Wildman–Crippen MR) is 95.5 cm³/mol. The second kappa shape index (κ2) is 7.60. The molecule has 1 aliphatic heterocycles. The Morgan fingerprint density at radius 3 is 3.00 bits per heavy atom. The van der Waals surface area contributed by atoms with E-state index in [2.05, 4.69) is 10.2 Å². The van der Waals surface area contributed by atoms with E-state index in [1.165, 1.54) is 11.3 Å². The number of ether oxygens (including phenoxy) is 1. The number of hydrogen-bond donors (Lipinski definition) is 3. The first-order valence-electron chi connectivity index (χ1n) is 7.46. The van der Waals surface area contributed by atoms with E-state index in [0.717, 1.165) is 22.7 Å². The Morgan fingerprint density at radius 1 is 1.50 bits per heavy atom. The molecule has 128 valence electrons. The summed E-state index contributed by atoms with van der Waals surface area (Å²) in [6, 6.07) is 3.73. The fourth-order valence-corrected chi connectivity index (χ4v) is 4.50. The Labute approximate surface area is 148 Å². The summed E-state index contributed by atoms with van der Waals surface area (Å²) in [5, 5.41) is 28.9. The standard InChI is InChI=1S/C14H18BN3O4S2/c1-21-10-3-2-8-6-11(15(20)22-13(8)9(10)7-19)23-5-4-12-17-18-14(16)24-12/h2-3,11,19-20H,4-7H2,1H3,(H2,16,18)/t11-/m0/s1. The predicted octanol–water partition coefficient (Wildman–Crippen LogP) is 0.920. The Balaban J connectivity index is 1.66. The third kappa shape index (κ3) is 3.61. The molecular weight excluding hydrogens is 349 g/mol. The van der Waals surface area contributed by atoms with Crippen molar-refractivity contribution in [2.24, 2.45) is 0 Å². The number of nitrogen functional groups attached to an aromatic ring is 1. The van der Waals surface area contributed by atoms with Crippen LogP contribution < -0.4 is 15.1 Å². The zero-order chi connectivity index (χ0) is 17.1. The van der Waals surface area contributed by atoms with Gasteiger partial charge in [0.2, 0.25) is 5.13 Å². The molecule has 0 amide bonds. The molecule has 0 bridgehead atoms. The monoisotopic (exact) mass is 367 g/mol. The summed E-state index contributed by atoms with van der Waals surface area (Å²) in [5.41, 5.74) is 7.10. The molecular formula is C14H18BN3O4S2. The van der Waals surface area contributed by atoms with E-state index in [1.807, 2.05) is 12.1 Å². The highest BCUT2D eigenvalue weighted by atomic mass is 32.2. The molecule has 0 aliphatic carbocycles. The highest BCUT2D eigenvalue weighted by molar-refractivity contribution is 8.01. The van der Waals surface area contributed by atoms with E-state index in [1.54, 1.807) is 18.9 Å². The van der Waals surface area contributed by atoms with Gasteiger partial charge in [-0.1, -0.05) is 17.4 Å². The van der Waals surface area contributed by atoms with E-state index in [9.17, 15) is 10.1 Å². The highest BCUT2D eigenvalue weighted by Crippen LogP contribution is 2.38. The smallest absolute Gasteiger partial charge is 0.535 e. The van der Waals surface area contributed by atoms with Crippen LogP contribution in [0.15, 0.2) is 12.1 Å². The fraction of sp³-hybridized carbons (Fsp3) is 0.429. The van der Waals surface area contributed by atoms with Crippen LogP contribution in [0.4, 0.5) is 5.13 Å². The Kier molecular flexibility index (Phi) is 5.49. The summed E-state index contributed by atoms with van der Waals surface area (Å²) >= 11 is 3.01. The fourth-order valence-electron chi connectivity index (χ4n) is 2.63. The van der Waals surface area contributed by atoms with Crippen molar-refractivity contribution in [3.05, 3.63) is 28.3 Å². The van der Waals surface area contributed by atoms with Gasteiger partial charge in [-0.05, 0) is 23.8 Å². The third-order valence-corrected chi connectivity index (χ3v) is 5.86. The Morgan fingerprint density at radius 2 is 2.33 bits per heavy atom. The summed E-state index contributed by atoms with van der Waals surface area (Å²) in [4.78, 5) is 0. The zero-order valence-electron chi connectivity index (χ0n) is 13.1. The quantitative estimate of drug-likeness (QED) is 0.647. The van der Waals surface area contributed by atoms with E-state index >= 15 is 0 Å². The first-order valence-corrected chi connectivity index (χ1v) is 9.32. The van der Waals surface area contributed by atoms with Gasteiger partial charge in [-0.3, -0.25) is 0 Å². The lowest BCUT2D eigenvalue weighted by Crippen LogP contribution is -2.41. The van der Waals surface area contributed by atoms with Gasteiger partial charge in [-0.2, -0.15) is 11.8 Å². The summed E-state index contributed by atoms with van der Waals surface area (Å²) in [5.74, 6) is 1.87. The Hall–Kier alpha value is -1.49. The van der Waals surface area contributed by atoms with Crippen LogP contribution in [0.3, 0.4) is 0 Å². The summed E-state index contributed by atoms with van der Waals surface area (Å²) in [6.45, 7) is -0.199. The first kappa shape index (κ1) is 17.3. The van der Waals surface area contributed by atoms with Gasteiger partial charge in [0, 0.05) is 6.42 Å². The third-order valence-electron chi connectivity index (χ3n) is 3.79. The number of methoxy groups -OCH3 is 1. The van der Waals surface area contributed by atoms with Gasteiger partial charge in [-0.15, -0.1) is 10.2 Å². The SMILES string of the molecule is COc1ccc2c(c1CO)OB(O)[C@@H](SCCc1nnc(N)s1)C2. The van der Waals surface area contributed by atoms with Crippen molar-refractivity contribution in [2.45, 2.75) is 24.6 Å². The first-order chi connectivity index (χ1) is 11.6. The topological polar surface area (TPSA) is 111 Å². The van der Waals surface area contributed by atoms with Crippen LogP contribution in [0.2, 0.25) is 0 Å². The maximum atomic E-state index is 10.3. The molecule has 0 fully saturated rings. The molecule has 0 saturated heterocycles. The summed E-state index contributed by atoms with van der Waals surface area (Å²) in [6.07, 6.45) is 1.41. The van der Waals surface area contributed by atoms with Crippen molar-refractivity contribution in [3.8, 4) is 11.5 Å². The molecule has 0 radical (unpaired) electrons. The van der Waals surface area contributed by atoms with E-state index < -0.39 is 7.12 Å². The molecule has 1 atom stereocenters. The second-order valence-corrected chi connectivity index (χ2v) is 7.74. The Bertz CT molecular complexity index is 715. The number of aromatic nitrogens is 2. The van der Waals surface area contributed by atoms with Gasteiger partial charge in [-0.25, -0.2) is 0 Å². The molecule has 1 aromatic carbocycles. The van der Waals surface area contributed by atoms with Crippen LogP contribution in [-0.4, -0.2) is 45.5 Å².